The lowest BCUT2D eigenvalue weighted by molar-refractivity contribution is 0.0979. The molecule has 0 aliphatic heterocycles. The van der Waals surface area contributed by atoms with Crippen LogP contribution in [0.2, 0.25) is 0 Å². The Balaban J connectivity index is 3.36. The van der Waals surface area contributed by atoms with Crippen molar-refractivity contribution in [1.82, 2.24) is 4.90 Å². The molecule has 0 aliphatic carbocycles. The number of rotatable bonds is 6. The molecule has 0 radical (unpaired) electrons. The van der Waals surface area contributed by atoms with Crippen LogP contribution in [0.3, 0.4) is 0 Å². The average Bonchev–Trinajstić information content (AvgIpc) is 1.99. The molecule has 12 heavy (non-hydrogen) atoms. The molecule has 0 aromatic rings. The molecule has 0 saturated carbocycles. The van der Waals surface area contributed by atoms with E-state index in [1.54, 1.807) is 11.9 Å². The molecule has 0 N–H and O–H groups in total. The third-order valence-electron chi connectivity index (χ3n) is 2.15. The summed E-state index contributed by atoms with van der Waals surface area (Å²) in [6.07, 6.45) is -0.0608. The number of hydrogen-bond acceptors (Lipinski definition) is 1. The van der Waals surface area contributed by atoms with Gasteiger partial charge < -0.3 is 4.90 Å². The molecule has 0 heterocycles. The largest absolute Gasteiger partial charge is 0.301 e. The van der Waals surface area contributed by atoms with Gasteiger partial charge in [-0.2, -0.15) is 0 Å². The molecule has 1 unspecified atom stereocenters. The normalized spacial score (nSPS) is 14.2. The van der Waals surface area contributed by atoms with Gasteiger partial charge in [0, 0.05) is 0 Å². The lowest BCUT2D eigenvalue weighted by atomic mass is 10.1. The van der Waals surface area contributed by atoms with Crippen molar-refractivity contribution < 1.29 is 8.78 Å². The molecule has 0 spiro atoms. The second kappa shape index (κ2) is 6.35. The zero-order valence-electron chi connectivity index (χ0n) is 8.19. The second-order valence-electron chi connectivity index (χ2n) is 3.46. The van der Waals surface area contributed by atoms with Gasteiger partial charge in [0.25, 0.3) is 6.43 Å². The van der Waals surface area contributed by atoms with Gasteiger partial charge in [-0.15, -0.1) is 0 Å². The number of alkyl halides is 2. The first-order valence-electron chi connectivity index (χ1n) is 4.53. The van der Waals surface area contributed by atoms with E-state index in [9.17, 15) is 8.78 Å². The SMILES string of the molecule is CCC(C)CCN(C)CC(F)F. The van der Waals surface area contributed by atoms with Gasteiger partial charge in [-0.3, -0.25) is 0 Å². The van der Waals surface area contributed by atoms with E-state index in [1.807, 2.05) is 0 Å². The minimum absolute atomic E-state index is 0.101. The van der Waals surface area contributed by atoms with Crippen LogP contribution in [0.5, 0.6) is 0 Å². The first kappa shape index (κ1) is 11.8. The Kier molecular flexibility index (Phi) is 6.25. The maximum absolute atomic E-state index is 11.8. The van der Waals surface area contributed by atoms with Crippen LogP contribution in [-0.4, -0.2) is 31.5 Å². The molecule has 3 heteroatoms. The molecular weight excluding hydrogens is 160 g/mol. The van der Waals surface area contributed by atoms with Crippen LogP contribution in [0.25, 0.3) is 0 Å². The van der Waals surface area contributed by atoms with E-state index in [1.165, 1.54) is 0 Å². The van der Waals surface area contributed by atoms with E-state index in [0.29, 0.717) is 5.92 Å². The Hall–Kier alpha value is -0.180. The summed E-state index contributed by atoms with van der Waals surface area (Å²) in [5.74, 6) is 0.644. The summed E-state index contributed by atoms with van der Waals surface area (Å²) in [7, 11) is 1.74. The summed E-state index contributed by atoms with van der Waals surface area (Å²) in [6, 6.07) is 0. The molecule has 0 aliphatic rings. The molecule has 74 valence electrons. The second-order valence-corrected chi connectivity index (χ2v) is 3.46. The smallest absolute Gasteiger partial charge is 0.251 e. The highest BCUT2D eigenvalue weighted by Gasteiger charge is 2.08. The van der Waals surface area contributed by atoms with Gasteiger partial charge in [-0.25, -0.2) is 8.78 Å². The van der Waals surface area contributed by atoms with Crippen LogP contribution in [0.15, 0.2) is 0 Å². The molecule has 1 nitrogen and oxygen atoms in total. The summed E-state index contributed by atoms with van der Waals surface area (Å²) in [6.45, 7) is 4.95. The Labute approximate surface area is 73.7 Å². The molecule has 0 aromatic carbocycles. The molecule has 0 rings (SSSR count). The van der Waals surface area contributed by atoms with Crippen molar-refractivity contribution in [2.24, 2.45) is 5.92 Å². The molecule has 0 saturated heterocycles. The zero-order chi connectivity index (χ0) is 9.56. The van der Waals surface area contributed by atoms with Gasteiger partial charge in [-0.1, -0.05) is 20.3 Å². The standard InChI is InChI=1S/C9H19F2N/c1-4-8(2)5-6-12(3)7-9(10)11/h8-9H,4-7H2,1-3H3. The molecule has 0 aromatic heterocycles. The van der Waals surface area contributed by atoms with Gasteiger partial charge in [0.15, 0.2) is 0 Å². The van der Waals surface area contributed by atoms with E-state index < -0.39 is 6.43 Å². The quantitative estimate of drug-likeness (QED) is 0.606. The highest BCUT2D eigenvalue weighted by atomic mass is 19.3. The minimum atomic E-state index is -2.20. The lowest BCUT2D eigenvalue weighted by Crippen LogP contribution is -2.26. The highest BCUT2D eigenvalue weighted by Crippen LogP contribution is 2.07. The van der Waals surface area contributed by atoms with Crippen molar-refractivity contribution in [1.29, 1.82) is 0 Å². The number of hydrogen-bond donors (Lipinski definition) is 0. The van der Waals surface area contributed by atoms with Crippen molar-refractivity contribution >= 4 is 0 Å². The Morgan fingerprint density at radius 3 is 2.33 bits per heavy atom. The van der Waals surface area contributed by atoms with Gasteiger partial charge in [0.05, 0.1) is 6.54 Å². The Morgan fingerprint density at radius 1 is 1.33 bits per heavy atom. The number of halogens is 2. The van der Waals surface area contributed by atoms with Gasteiger partial charge in [-0.05, 0) is 25.9 Å². The fraction of sp³-hybridized carbons (Fsp3) is 1.00. The van der Waals surface area contributed by atoms with Gasteiger partial charge in [0.2, 0.25) is 0 Å². The lowest BCUT2D eigenvalue weighted by Gasteiger charge is -2.17. The van der Waals surface area contributed by atoms with Crippen molar-refractivity contribution in [2.45, 2.75) is 33.1 Å². The summed E-state index contributed by atoms with van der Waals surface area (Å²) in [5, 5.41) is 0. The van der Waals surface area contributed by atoms with Crippen LogP contribution >= 0.6 is 0 Å². The average molecular weight is 179 g/mol. The molecule has 1 atom stereocenters. The summed E-state index contributed by atoms with van der Waals surface area (Å²) in [5.41, 5.74) is 0. The van der Waals surface area contributed by atoms with Crippen LogP contribution < -0.4 is 0 Å². The molecule has 0 fully saturated rings. The number of nitrogens with zero attached hydrogens (tertiary/aromatic N) is 1. The van der Waals surface area contributed by atoms with E-state index in [0.717, 1.165) is 19.4 Å². The van der Waals surface area contributed by atoms with Crippen molar-refractivity contribution in [3.05, 3.63) is 0 Å². The Morgan fingerprint density at radius 2 is 1.92 bits per heavy atom. The maximum atomic E-state index is 11.8. The third kappa shape index (κ3) is 6.53. The van der Waals surface area contributed by atoms with Crippen molar-refractivity contribution in [3.8, 4) is 0 Å². The molecule has 0 bridgehead atoms. The maximum Gasteiger partial charge on any atom is 0.251 e. The monoisotopic (exact) mass is 179 g/mol. The van der Waals surface area contributed by atoms with Crippen molar-refractivity contribution in [2.75, 3.05) is 20.1 Å². The molecule has 0 amide bonds. The predicted octanol–water partition coefficient (Wildman–Crippen LogP) is 2.62. The third-order valence-corrected chi connectivity index (χ3v) is 2.15. The summed E-state index contributed by atoms with van der Waals surface area (Å²) in [4.78, 5) is 1.69. The predicted molar refractivity (Wildman–Crippen MR) is 47.6 cm³/mol. The van der Waals surface area contributed by atoms with Crippen LogP contribution in [0.1, 0.15) is 26.7 Å². The van der Waals surface area contributed by atoms with Gasteiger partial charge >= 0.3 is 0 Å². The highest BCUT2D eigenvalue weighted by molar-refractivity contribution is 4.56. The molecular formula is C9H19F2N. The van der Waals surface area contributed by atoms with Crippen molar-refractivity contribution in [3.63, 3.8) is 0 Å². The van der Waals surface area contributed by atoms with E-state index >= 15 is 0 Å². The first-order chi connectivity index (χ1) is 5.56. The van der Waals surface area contributed by atoms with Crippen LogP contribution in [0.4, 0.5) is 8.78 Å². The summed E-state index contributed by atoms with van der Waals surface area (Å²) >= 11 is 0. The van der Waals surface area contributed by atoms with E-state index in [2.05, 4.69) is 13.8 Å². The fourth-order valence-electron chi connectivity index (χ4n) is 0.972. The van der Waals surface area contributed by atoms with E-state index in [-0.39, 0.29) is 6.54 Å². The fourth-order valence-corrected chi connectivity index (χ4v) is 0.972. The van der Waals surface area contributed by atoms with Gasteiger partial charge in [0.1, 0.15) is 0 Å². The summed E-state index contributed by atoms with van der Waals surface area (Å²) < 4.78 is 23.7. The topological polar surface area (TPSA) is 3.24 Å². The van der Waals surface area contributed by atoms with Crippen LogP contribution in [0, 0.1) is 5.92 Å². The zero-order valence-corrected chi connectivity index (χ0v) is 8.19. The first-order valence-corrected chi connectivity index (χ1v) is 4.53. The van der Waals surface area contributed by atoms with Crippen LogP contribution in [-0.2, 0) is 0 Å². The van der Waals surface area contributed by atoms with E-state index in [4.69, 9.17) is 0 Å². The Bertz CT molecular complexity index is 107. The minimum Gasteiger partial charge on any atom is -0.301 e.